The van der Waals surface area contributed by atoms with Crippen molar-refractivity contribution >= 4 is 28.8 Å². The number of amides is 1. The molecule has 0 spiro atoms. The Morgan fingerprint density at radius 3 is 2.26 bits per heavy atom. The number of benzene rings is 1. The number of aromatic nitrogens is 4. The van der Waals surface area contributed by atoms with Crippen LogP contribution in [0.5, 0.6) is 0 Å². The number of nitrogens with one attached hydrogen (secondary N) is 1. The van der Waals surface area contributed by atoms with E-state index in [-0.39, 0.29) is 28.7 Å². The number of nitrogen functional groups attached to an aromatic ring is 1. The summed E-state index contributed by atoms with van der Waals surface area (Å²) in [6, 6.07) is 8.21. The van der Waals surface area contributed by atoms with Gasteiger partial charge >= 0.3 is 12.4 Å². The molecule has 1 aromatic carbocycles. The summed E-state index contributed by atoms with van der Waals surface area (Å²) in [7, 11) is 0. The van der Waals surface area contributed by atoms with Gasteiger partial charge in [-0.05, 0) is 30.3 Å². The lowest BCUT2D eigenvalue weighted by Crippen LogP contribution is -2.14. The van der Waals surface area contributed by atoms with Crippen molar-refractivity contribution in [1.82, 2.24) is 19.4 Å². The lowest BCUT2D eigenvalue weighted by atomic mass is 10.1. The predicted octanol–water partition coefficient (Wildman–Crippen LogP) is 5.22. The molecule has 3 aromatic heterocycles. The van der Waals surface area contributed by atoms with Gasteiger partial charge in [0, 0.05) is 23.5 Å². The molecule has 3 heterocycles. The van der Waals surface area contributed by atoms with Crippen molar-refractivity contribution in [2.24, 2.45) is 0 Å². The molecule has 0 saturated heterocycles. The van der Waals surface area contributed by atoms with E-state index >= 15 is 0 Å². The molecule has 0 bridgehead atoms. The second-order valence-corrected chi connectivity index (χ2v) is 7.24. The molecular weight excluding hydrogens is 478 g/mol. The normalized spacial score (nSPS) is 12.1. The number of nitrogens with two attached hydrogens (primary N) is 1. The van der Waals surface area contributed by atoms with E-state index in [0.717, 1.165) is 12.3 Å². The number of carbonyl (C=O) groups excluding carboxylic acids is 1. The Morgan fingerprint density at radius 2 is 1.63 bits per heavy atom. The Balaban J connectivity index is 1.66. The molecule has 0 aliphatic carbocycles. The van der Waals surface area contributed by atoms with E-state index < -0.39 is 35.1 Å². The maximum absolute atomic E-state index is 13.3. The van der Waals surface area contributed by atoms with Crippen LogP contribution in [0.1, 0.15) is 21.6 Å². The van der Waals surface area contributed by atoms with Crippen LogP contribution < -0.4 is 11.1 Å². The Kier molecular flexibility index (Phi) is 5.71. The highest BCUT2D eigenvalue weighted by Crippen LogP contribution is 2.36. The lowest BCUT2D eigenvalue weighted by Gasteiger charge is -2.09. The van der Waals surface area contributed by atoms with E-state index in [1.165, 1.54) is 40.9 Å². The van der Waals surface area contributed by atoms with Crippen molar-refractivity contribution in [2.45, 2.75) is 12.4 Å². The van der Waals surface area contributed by atoms with E-state index in [0.29, 0.717) is 11.6 Å². The van der Waals surface area contributed by atoms with Crippen LogP contribution in [0.25, 0.3) is 22.5 Å². The number of pyridine rings is 1. The van der Waals surface area contributed by atoms with Gasteiger partial charge in [-0.1, -0.05) is 18.7 Å². The maximum Gasteiger partial charge on any atom is 0.417 e. The summed E-state index contributed by atoms with van der Waals surface area (Å²) in [6.45, 7) is 3.09. The number of nitrogens with zero attached hydrogens (tertiary/aromatic N) is 4. The zero-order valence-electron chi connectivity index (χ0n) is 17.4. The molecule has 0 unspecified atom stereocenters. The van der Waals surface area contributed by atoms with Gasteiger partial charge in [0.25, 0.3) is 5.91 Å². The number of fused-ring (bicyclic) bond motifs is 1. The molecule has 0 radical (unpaired) electrons. The Hall–Kier alpha value is -4.42. The van der Waals surface area contributed by atoms with Crippen LogP contribution in [-0.2, 0) is 6.18 Å². The van der Waals surface area contributed by atoms with Gasteiger partial charge in [-0.25, -0.2) is 15.0 Å². The van der Waals surface area contributed by atoms with Gasteiger partial charge in [0.05, 0.1) is 16.7 Å². The topological polar surface area (TPSA) is 98.2 Å². The van der Waals surface area contributed by atoms with Crippen molar-refractivity contribution in [2.75, 3.05) is 11.1 Å². The molecule has 0 saturated carbocycles. The zero-order valence-corrected chi connectivity index (χ0v) is 17.4. The number of alkyl halides is 6. The third-order valence-corrected chi connectivity index (χ3v) is 4.94. The molecule has 7 nitrogen and oxygen atoms in total. The highest BCUT2D eigenvalue weighted by atomic mass is 19.4. The van der Waals surface area contributed by atoms with Crippen molar-refractivity contribution in [3.63, 3.8) is 0 Å². The molecule has 4 aromatic rings. The Labute approximate surface area is 193 Å². The molecule has 0 aliphatic rings. The zero-order chi connectivity index (χ0) is 25.5. The molecule has 1 amide bonds. The molecule has 13 heteroatoms. The van der Waals surface area contributed by atoms with Gasteiger partial charge in [0.2, 0.25) is 5.95 Å². The average Bonchev–Trinajstić information content (AvgIpc) is 3.18. The molecule has 0 atom stereocenters. The minimum Gasteiger partial charge on any atom is -0.369 e. The molecule has 180 valence electrons. The summed E-state index contributed by atoms with van der Waals surface area (Å²) in [5.41, 5.74) is 3.68. The summed E-state index contributed by atoms with van der Waals surface area (Å²) < 4.78 is 79.6. The van der Waals surface area contributed by atoms with Crippen molar-refractivity contribution in [3.8, 4) is 11.4 Å². The van der Waals surface area contributed by atoms with Crippen molar-refractivity contribution in [3.05, 3.63) is 78.3 Å². The number of hydrogen-bond donors (Lipinski definition) is 2. The summed E-state index contributed by atoms with van der Waals surface area (Å²) in [6.07, 6.45) is -7.19. The Bertz CT molecular complexity index is 1440. The molecule has 4 rings (SSSR count). The monoisotopic (exact) mass is 492 g/mol. The Morgan fingerprint density at radius 1 is 0.971 bits per heavy atom. The molecular formula is C22H14F6N6O. The summed E-state index contributed by atoms with van der Waals surface area (Å²) in [5.74, 6) is -1.15. The van der Waals surface area contributed by atoms with Crippen LogP contribution in [-0.4, -0.2) is 31.4 Å². The number of anilines is 2. The third kappa shape index (κ3) is 4.65. The summed E-state index contributed by atoms with van der Waals surface area (Å²) in [5, 5.41) is 2.27. The van der Waals surface area contributed by atoms with Crippen LogP contribution in [0, 0.1) is 0 Å². The molecule has 3 N–H and O–H groups in total. The minimum atomic E-state index is -4.73. The SMILES string of the molecule is C=C(c1nc(-c2ccc(C(=O)Nc3cc(C(F)(F)F)ccn3)cc2)n2c(N)nccc12)C(F)(F)F. The largest absolute Gasteiger partial charge is 0.417 e. The molecule has 0 aliphatic heterocycles. The quantitative estimate of drug-likeness (QED) is 0.381. The number of halogens is 6. The summed E-state index contributed by atoms with van der Waals surface area (Å²) in [4.78, 5) is 24.1. The fourth-order valence-electron chi connectivity index (χ4n) is 3.24. The first-order valence-electron chi connectivity index (χ1n) is 9.70. The van der Waals surface area contributed by atoms with Crippen LogP contribution >= 0.6 is 0 Å². The number of imidazole rings is 1. The fraction of sp³-hybridized carbons (Fsp3) is 0.0909. The molecule has 0 fully saturated rings. The van der Waals surface area contributed by atoms with E-state index in [1.54, 1.807) is 0 Å². The smallest absolute Gasteiger partial charge is 0.369 e. The summed E-state index contributed by atoms with van der Waals surface area (Å²) >= 11 is 0. The van der Waals surface area contributed by atoms with Gasteiger partial charge in [0.15, 0.2) is 0 Å². The highest BCUT2D eigenvalue weighted by Gasteiger charge is 2.36. The first-order chi connectivity index (χ1) is 16.4. The van der Waals surface area contributed by atoms with Gasteiger partial charge < -0.3 is 11.1 Å². The van der Waals surface area contributed by atoms with Gasteiger partial charge in [-0.2, -0.15) is 26.3 Å². The van der Waals surface area contributed by atoms with E-state index in [1.807, 2.05) is 0 Å². The second-order valence-electron chi connectivity index (χ2n) is 7.24. The van der Waals surface area contributed by atoms with Gasteiger partial charge in [-0.3, -0.25) is 9.20 Å². The minimum absolute atomic E-state index is 0.0255. The van der Waals surface area contributed by atoms with Crippen LogP contribution in [0.4, 0.5) is 38.1 Å². The number of hydrogen-bond acceptors (Lipinski definition) is 5. The van der Waals surface area contributed by atoms with Crippen LogP contribution in [0.15, 0.2) is 61.4 Å². The standard InChI is InChI=1S/C22H14F6N6O/c1-11(21(23,24)25)17-15-7-9-31-20(29)34(15)18(33-17)12-2-4-13(5-3-12)19(35)32-16-10-14(6-8-30-16)22(26,27)28/h2-10H,1H2,(H2,29,31)(H,30,32,35). The van der Waals surface area contributed by atoms with E-state index in [2.05, 4.69) is 26.8 Å². The first-order valence-corrected chi connectivity index (χ1v) is 9.70. The predicted molar refractivity (Wildman–Crippen MR) is 115 cm³/mol. The maximum atomic E-state index is 13.3. The van der Waals surface area contributed by atoms with Gasteiger partial charge in [-0.15, -0.1) is 0 Å². The lowest BCUT2D eigenvalue weighted by molar-refractivity contribution is -0.137. The van der Waals surface area contributed by atoms with Gasteiger partial charge in [0.1, 0.15) is 17.3 Å². The van der Waals surface area contributed by atoms with E-state index in [4.69, 9.17) is 5.73 Å². The first kappa shape index (κ1) is 23.7. The highest BCUT2D eigenvalue weighted by molar-refractivity contribution is 6.04. The third-order valence-electron chi connectivity index (χ3n) is 4.94. The van der Waals surface area contributed by atoms with Crippen LogP contribution in [0.2, 0.25) is 0 Å². The molecule has 35 heavy (non-hydrogen) atoms. The van der Waals surface area contributed by atoms with Crippen molar-refractivity contribution in [1.29, 1.82) is 0 Å². The average molecular weight is 492 g/mol. The number of carbonyl (C=O) groups is 1. The number of allylic oxidation sites excluding steroid dienone is 1. The number of rotatable bonds is 4. The van der Waals surface area contributed by atoms with Crippen LogP contribution in [0.3, 0.4) is 0 Å². The fourth-order valence-corrected chi connectivity index (χ4v) is 3.24. The second kappa shape index (κ2) is 8.42. The van der Waals surface area contributed by atoms with E-state index in [9.17, 15) is 31.1 Å². The van der Waals surface area contributed by atoms with Crippen molar-refractivity contribution < 1.29 is 31.1 Å².